The summed E-state index contributed by atoms with van der Waals surface area (Å²) in [6.45, 7) is 3.34. The van der Waals surface area contributed by atoms with Crippen LogP contribution in [-0.2, 0) is 4.79 Å². The number of aromatic nitrogens is 4. The SMILES string of the molecule is COc1ccc(-c2ccc(N3CCCC(C(=O)Nc4nnc(C)s4)C3)nn2)cc1. The Morgan fingerprint density at radius 1 is 1.14 bits per heavy atom. The van der Waals surface area contributed by atoms with Crippen molar-refractivity contribution in [1.82, 2.24) is 20.4 Å². The summed E-state index contributed by atoms with van der Waals surface area (Å²) in [6.07, 6.45) is 1.77. The van der Waals surface area contributed by atoms with Crippen LogP contribution in [0.1, 0.15) is 17.8 Å². The van der Waals surface area contributed by atoms with E-state index in [0.717, 1.165) is 47.2 Å². The lowest BCUT2D eigenvalue weighted by Gasteiger charge is -2.32. The molecule has 1 aromatic carbocycles. The second kappa shape index (κ2) is 8.52. The molecule has 1 saturated heterocycles. The first-order chi connectivity index (χ1) is 14.1. The van der Waals surface area contributed by atoms with E-state index >= 15 is 0 Å². The molecule has 1 fully saturated rings. The van der Waals surface area contributed by atoms with Crippen molar-refractivity contribution in [1.29, 1.82) is 0 Å². The molecule has 2 aromatic heterocycles. The van der Waals surface area contributed by atoms with Gasteiger partial charge in [0.1, 0.15) is 10.8 Å². The van der Waals surface area contributed by atoms with Gasteiger partial charge in [0.2, 0.25) is 11.0 Å². The first-order valence-corrected chi connectivity index (χ1v) is 10.3. The number of methoxy groups -OCH3 is 1. The van der Waals surface area contributed by atoms with E-state index in [2.05, 4.69) is 30.6 Å². The number of nitrogens with one attached hydrogen (secondary N) is 1. The van der Waals surface area contributed by atoms with Gasteiger partial charge in [-0.3, -0.25) is 4.79 Å². The van der Waals surface area contributed by atoms with Gasteiger partial charge in [-0.25, -0.2) is 0 Å². The molecule has 1 atom stereocenters. The van der Waals surface area contributed by atoms with Crippen molar-refractivity contribution in [3.8, 4) is 17.0 Å². The van der Waals surface area contributed by atoms with Crippen molar-refractivity contribution < 1.29 is 9.53 Å². The normalized spacial score (nSPS) is 16.5. The van der Waals surface area contributed by atoms with E-state index in [1.54, 1.807) is 7.11 Å². The lowest BCUT2D eigenvalue weighted by molar-refractivity contribution is -0.120. The zero-order valence-electron chi connectivity index (χ0n) is 16.3. The van der Waals surface area contributed by atoms with Gasteiger partial charge in [0.05, 0.1) is 18.7 Å². The van der Waals surface area contributed by atoms with Crippen LogP contribution in [0.25, 0.3) is 11.3 Å². The minimum absolute atomic E-state index is 0.0198. The number of piperidine rings is 1. The quantitative estimate of drug-likeness (QED) is 0.690. The molecule has 8 nitrogen and oxygen atoms in total. The van der Waals surface area contributed by atoms with Crippen LogP contribution in [0, 0.1) is 12.8 Å². The van der Waals surface area contributed by atoms with Gasteiger partial charge in [0, 0.05) is 18.7 Å². The zero-order valence-corrected chi connectivity index (χ0v) is 17.1. The minimum atomic E-state index is -0.115. The smallest absolute Gasteiger partial charge is 0.231 e. The lowest BCUT2D eigenvalue weighted by Crippen LogP contribution is -2.41. The molecule has 3 heterocycles. The number of hydrogen-bond acceptors (Lipinski definition) is 8. The molecule has 150 valence electrons. The number of amides is 1. The molecule has 0 saturated carbocycles. The standard InChI is InChI=1S/C20H22N6O2S/c1-13-22-25-20(29-13)21-19(27)15-4-3-11-26(12-15)18-10-9-17(23-24-18)14-5-7-16(28-2)8-6-14/h5-10,15H,3-4,11-12H2,1-2H3,(H,21,25,27). The van der Waals surface area contributed by atoms with Gasteiger partial charge >= 0.3 is 0 Å². The van der Waals surface area contributed by atoms with Crippen LogP contribution in [0.2, 0.25) is 0 Å². The fraction of sp³-hybridized carbons (Fsp3) is 0.350. The molecule has 29 heavy (non-hydrogen) atoms. The molecular formula is C20H22N6O2S. The Balaban J connectivity index is 1.41. The van der Waals surface area contributed by atoms with Crippen LogP contribution in [0.3, 0.4) is 0 Å². The highest BCUT2D eigenvalue weighted by molar-refractivity contribution is 7.15. The molecule has 3 aromatic rings. The van der Waals surface area contributed by atoms with Crippen LogP contribution >= 0.6 is 11.3 Å². The second-order valence-electron chi connectivity index (χ2n) is 6.91. The van der Waals surface area contributed by atoms with Gasteiger partial charge in [-0.1, -0.05) is 11.3 Å². The van der Waals surface area contributed by atoms with Gasteiger partial charge in [-0.15, -0.1) is 20.4 Å². The van der Waals surface area contributed by atoms with E-state index in [1.165, 1.54) is 11.3 Å². The monoisotopic (exact) mass is 410 g/mol. The maximum absolute atomic E-state index is 12.6. The van der Waals surface area contributed by atoms with E-state index in [9.17, 15) is 4.79 Å². The first-order valence-electron chi connectivity index (χ1n) is 9.46. The highest BCUT2D eigenvalue weighted by Crippen LogP contribution is 2.25. The van der Waals surface area contributed by atoms with Crippen LogP contribution < -0.4 is 15.0 Å². The summed E-state index contributed by atoms with van der Waals surface area (Å²) in [5.41, 5.74) is 1.78. The maximum Gasteiger partial charge on any atom is 0.231 e. The largest absolute Gasteiger partial charge is 0.497 e. The van der Waals surface area contributed by atoms with Crippen LogP contribution in [0.5, 0.6) is 5.75 Å². The van der Waals surface area contributed by atoms with Crippen molar-refractivity contribution in [2.24, 2.45) is 5.92 Å². The Morgan fingerprint density at radius 3 is 2.62 bits per heavy atom. The Hall–Kier alpha value is -3.07. The topological polar surface area (TPSA) is 93.1 Å². The molecule has 1 unspecified atom stereocenters. The van der Waals surface area contributed by atoms with Crippen molar-refractivity contribution in [2.75, 3.05) is 30.4 Å². The zero-order chi connectivity index (χ0) is 20.2. The number of carbonyl (C=O) groups is 1. The maximum atomic E-state index is 12.6. The fourth-order valence-electron chi connectivity index (χ4n) is 3.36. The van der Waals surface area contributed by atoms with Crippen molar-refractivity contribution in [3.05, 3.63) is 41.4 Å². The fourth-order valence-corrected chi connectivity index (χ4v) is 3.96. The molecule has 0 bridgehead atoms. The van der Waals surface area contributed by atoms with Gasteiger partial charge in [0.25, 0.3) is 0 Å². The van der Waals surface area contributed by atoms with E-state index in [1.807, 2.05) is 43.3 Å². The highest BCUT2D eigenvalue weighted by Gasteiger charge is 2.27. The van der Waals surface area contributed by atoms with Crippen LogP contribution in [0.4, 0.5) is 10.9 Å². The summed E-state index contributed by atoms with van der Waals surface area (Å²) in [5, 5.41) is 20.9. The third kappa shape index (κ3) is 4.51. The summed E-state index contributed by atoms with van der Waals surface area (Å²) in [6, 6.07) is 11.6. The van der Waals surface area contributed by atoms with E-state index in [0.29, 0.717) is 11.7 Å². The summed E-state index contributed by atoms with van der Waals surface area (Å²) in [7, 11) is 1.64. The molecule has 0 radical (unpaired) electrons. The Kier molecular flexibility index (Phi) is 5.66. The van der Waals surface area contributed by atoms with Crippen LogP contribution in [0.15, 0.2) is 36.4 Å². The predicted octanol–water partition coefficient (Wildman–Crippen LogP) is 3.17. The molecule has 4 rings (SSSR count). The number of ether oxygens (including phenoxy) is 1. The molecule has 0 spiro atoms. The van der Waals surface area contributed by atoms with Crippen molar-refractivity contribution in [2.45, 2.75) is 19.8 Å². The van der Waals surface area contributed by atoms with E-state index in [-0.39, 0.29) is 11.8 Å². The third-order valence-electron chi connectivity index (χ3n) is 4.91. The van der Waals surface area contributed by atoms with Gasteiger partial charge in [0.15, 0.2) is 5.82 Å². The highest BCUT2D eigenvalue weighted by atomic mass is 32.1. The average Bonchev–Trinajstić information content (AvgIpc) is 3.18. The molecular weight excluding hydrogens is 388 g/mol. The number of anilines is 2. The van der Waals surface area contributed by atoms with Crippen LogP contribution in [-0.4, -0.2) is 46.5 Å². The number of benzene rings is 1. The van der Waals surface area contributed by atoms with Gasteiger partial charge in [-0.2, -0.15) is 0 Å². The number of carbonyl (C=O) groups excluding carboxylic acids is 1. The molecule has 1 aliphatic rings. The summed E-state index contributed by atoms with van der Waals surface area (Å²) in [4.78, 5) is 14.7. The molecule has 1 amide bonds. The molecule has 1 N–H and O–H groups in total. The minimum Gasteiger partial charge on any atom is -0.497 e. The lowest BCUT2D eigenvalue weighted by atomic mass is 9.97. The predicted molar refractivity (Wildman–Crippen MR) is 112 cm³/mol. The van der Waals surface area contributed by atoms with E-state index in [4.69, 9.17) is 4.74 Å². The third-order valence-corrected chi connectivity index (χ3v) is 5.66. The summed E-state index contributed by atoms with van der Waals surface area (Å²) < 4.78 is 5.19. The van der Waals surface area contributed by atoms with Gasteiger partial charge < -0.3 is 15.0 Å². The Labute approximate surface area is 172 Å². The Bertz CT molecular complexity index is 973. The summed E-state index contributed by atoms with van der Waals surface area (Å²) >= 11 is 1.38. The number of hydrogen-bond donors (Lipinski definition) is 1. The van der Waals surface area contributed by atoms with Crippen molar-refractivity contribution >= 4 is 28.2 Å². The number of rotatable bonds is 5. The summed E-state index contributed by atoms with van der Waals surface area (Å²) in [5.74, 6) is 1.45. The molecule has 1 aliphatic heterocycles. The first kappa shape index (κ1) is 19.3. The second-order valence-corrected chi connectivity index (χ2v) is 8.09. The molecule has 9 heteroatoms. The van der Waals surface area contributed by atoms with E-state index < -0.39 is 0 Å². The van der Waals surface area contributed by atoms with Crippen molar-refractivity contribution in [3.63, 3.8) is 0 Å². The number of nitrogens with zero attached hydrogens (tertiary/aromatic N) is 5. The molecule has 0 aliphatic carbocycles. The van der Waals surface area contributed by atoms with Gasteiger partial charge in [-0.05, 0) is 56.2 Å². The Morgan fingerprint density at radius 2 is 1.97 bits per heavy atom. The average molecular weight is 411 g/mol. The number of aryl methyl sites for hydroxylation is 1.